The van der Waals surface area contributed by atoms with Crippen LogP contribution in [0.1, 0.15) is 29.8 Å². The van der Waals surface area contributed by atoms with Crippen LogP contribution < -0.4 is 21.2 Å². The van der Waals surface area contributed by atoms with Crippen LogP contribution in [-0.4, -0.2) is 36.6 Å². The fourth-order valence-corrected chi connectivity index (χ4v) is 2.62. The number of hydrogen-bond donors (Lipinski definition) is 3. The number of primary amides is 1. The SMILES string of the molecule is CC(C)C(NC(=O)c1cccc(Cl)c1)C(=O)NN=Cc1ccc(OCC(N)=O)cc1. The molecule has 0 heterocycles. The van der Waals surface area contributed by atoms with E-state index in [-0.39, 0.29) is 12.5 Å². The van der Waals surface area contributed by atoms with Gasteiger partial charge in [-0.05, 0) is 53.9 Å². The number of hydrazone groups is 1. The molecule has 0 aromatic heterocycles. The van der Waals surface area contributed by atoms with E-state index in [1.807, 2.05) is 13.8 Å². The zero-order chi connectivity index (χ0) is 22.1. The van der Waals surface area contributed by atoms with Gasteiger partial charge in [0.05, 0.1) is 6.21 Å². The number of ether oxygens (including phenoxy) is 1. The van der Waals surface area contributed by atoms with Crippen LogP contribution in [0, 0.1) is 5.92 Å². The van der Waals surface area contributed by atoms with Crippen LogP contribution >= 0.6 is 11.6 Å². The van der Waals surface area contributed by atoms with Crippen molar-refractivity contribution in [3.05, 3.63) is 64.7 Å². The van der Waals surface area contributed by atoms with Crippen molar-refractivity contribution >= 4 is 35.5 Å². The highest BCUT2D eigenvalue weighted by molar-refractivity contribution is 6.31. The highest BCUT2D eigenvalue weighted by Crippen LogP contribution is 2.12. The van der Waals surface area contributed by atoms with E-state index in [0.717, 1.165) is 0 Å². The maximum absolute atomic E-state index is 12.5. The van der Waals surface area contributed by atoms with Gasteiger partial charge in [-0.1, -0.05) is 31.5 Å². The summed E-state index contributed by atoms with van der Waals surface area (Å²) in [6.07, 6.45) is 1.45. The van der Waals surface area contributed by atoms with Gasteiger partial charge in [-0.25, -0.2) is 5.43 Å². The third-order valence-corrected chi connectivity index (χ3v) is 4.21. The molecule has 3 amide bonds. The zero-order valence-corrected chi connectivity index (χ0v) is 17.3. The standard InChI is InChI=1S/C21H23ClN4O4/c1-13(2)19(25-20(28)15-4-3-5-16(22)10-15)21(29)26-24-11-14-6-8-17(9-7-14)30-12-18(23)27/h3-11,13,19H,12H2,1-2H3,(H2,23,27)(H,25,28)(H,26,29). The predicted octanol–water partition coefficient (Wildman–Crippen LogP) is 2.11. The number of carbonyl (C=O) groups is 3. The van der Waals surface area contributed by atoms with Crippen molar-refractivity contribution in [1.29, 1.82) is 0 Å². The maximum Gasteiger partial charge on any atom is 0.262 e. The Balaban J connectivity index is 1.94. The Morgan fingerprint density at radius 3 is 2.47 bits per heavy atom. The van der Waals surface area contributed by atoms with Gasteiger partial charge in [0, 0.05) is 10.6 Å². The van der Waals surface area contributed by atoms with Crippen LogP contribution in [0.3, 0.4) is 0 Å². The van der Waals surface area contributed by atoms with Gasteiger partial charge >= 0.3 is 0 Å². The molecule has 158 valence electrons. The number of nitrogens with one attached hydrogen (secondary N) is 2. The minimum atomic E-state index is -0.779. The first-order valence-electron chi connectivity index (χ1n) is 9.16. The van der Waals surface area contributed by atoms with Gasteiger partial charge in [-0.2, -0.15) is 5.10 Å². The summed E-state index contributed by atoms with van der Waals surface area (Å²) in [5, 5.41) is 7.07. The minimum absolute atomic E-state index is 0.162. The number of halogens is 1. The Labute approximate surface area is 179 Å². The van der Waals surface area contributed by atoms with Crippen molar-refractivity contribution in [1.82, 2.24) is 10.7 Å². The average Bonchev–Trinajstić information content (AvgIpc) is 2.70. The van der Waals surface area contributed by atoms with Crippen molar-refractivity contribution in [2.45, 2.75) is 19.9 Å². The molecule has 2 aromatic carbocycles. The minimum Gasteiger partial charge on any atom is -0.484 e. The summed E-state index contributed by atoms with van der Waals surface area (Å²) in [4.78, 5) is 35.6. The molecule has 0 radical (unpaired) electrons. The molecule has 1 unspecified atom stereocenters. The molecule has 4 N–H and O–H groups in total. The van der Waals surface area contributed by atoms with Crippen molar-refractivity contribution < 1.29 is 19.1 Å². The fourth-order valence-electron chi connectivity index (χ4n) is 2.43. The molecule has 9 heteroatoms. The average molecular weight is 431 g/mol. The summed E-state index contributed by atoms with van der Waals surface area (Å²) < 4.78 is 5.17. The van der Waals surface area contributed by atoms with Crippen LogP contribution in [0.5, 0.6) is 5.75 Å². The topological polar surface area (TPSA) is 123 Å². The van der Waals surface area contributed by atoms with Gasteiger partial charge < -0.3 is 15.8 Å². The normalized spacial score (nSPS) is 11.9. The van der Waals surface area contributed by atoms with E-state index >= 15 is 0 Å². The smallest absolute Gasteiger partial charge is 0.262 e. The van der Waals surface area contributed by atoms with Gasteiger partial charge in [-0.3, -0.25) is 14.4 Å². The molecule has 30 heavy (non-hydrogen) atoms. The van der Waals surface area contributed by atoms with E-state index in [1.54, 1.807) is 42.5 Å². The van der Waals surface area contributed by atoms with Crippen molar-refractivity contribution in [2.24, 2.45) is 16.8 Å². The molecule has 2 rings (SSSR count). The Morgan fingerprint density at radius 2 is 1.87 bits per heavy atom. The molecule has 1 atom stereocenters. The predicted molar refractivity (Wildman–Crippen MR) is 114 cm³/mol. The van der Waals surface area contributed by atoms with Crippen molar-refractivity contribution in [3.63, 3.8) is 0 Å². The molecule has 0 aliphatic rings. The molecule has 0 aliphatic carbocycles. The quantitative estimate of drug-likeness (QED) is 0.416. The molecular weight excluding hydrogens is 408 g/mol. The van der Waals surface area contributed by atoms with Crippen LogP contribution in [0.25, 0.3) is 0 Å². The van der Waals surface area contributed by atoms with Crippen LogP contribution in [0.4, 0.5) is 0 Å². The largest absolute Gasteiger partial charge is 0.484 e. The molecule has 0 bridgehead atoms. The summed E-state index contributed by atoms with van der Waals surface area (Å²) >= 11 is 5.91. The lowest BCUT2D eigenvalue weighted by molar-refractivity contribution is -0.124. The monoisotopic (exact) mass is 430 g/mol. The number of hydrogen-bond acceptors (Lipinski definition) is 5. The summed E-state index contributed by atoms with van der Waals surface area (Å²) in [6, 6.07) is 12.4. The highest BCUT2D eigenvalue weighted by atomic mass is 35.5. The number of amides is 3. The number of carbonyl (C=O) groups excluding carboxylic acids is 3. The van der Waals surface area contributed by atoms with Gasteiger partial charge in [0.25, 0.3) is 17.7 Å². The second kappa shape index (κ2) is 11.0. The maximum atomic E-state index is 12.5. The molecule has 2 aromatic rings. The molecule has 0 spiro atoms. The lowest BCUT2D eigenvalue weighted by Gasteiger charge is -2.20. The first-order valence-corrected chi connectivity index (χ1v) is 9.54. The second-order valence-corrected chi connectivity index (χ2v) is 7.20. The van der Waals surface area contributed by atoms with E-state index in [2.05, 4.69) is 15.8 Å². The Hall–Kier alpha value is -3.39. The third kappa shape index (κ3) is 7.21. The number of nitrogens with zero attached hydrogens (tertiary/aromatic N) is 1. The van der Waals surface area contributed by atoms with Crippen LogP contribution in [0.2, 0.25) is 5.02 Å². The van der Waals surface area contributed by atoms with Crippen molar-refractivity contribution in [2.75, 3.05) is 6.61 Å². The number of nitrogens with two attached hydrogens (primary N) is 1. The summed E-state index contributed by atoms with van der Waals surface area (Å²) in [5.41, 5.74) is 8.52. The summed E-state index contributed by atoms with van der Waals surface area (Å²) in [5.74, 6) is -1.09. The second-order valence-electron chi connectivity index (χ2n) is 6.76. The summed E-state index contributed by atoms with van der Waals surface area (Å²) in [7, 11) is 0. The first kappa shape index (κ1) is 22.9. The summed E-state index contributed by atoms with van der Waals surface area (Å²) in [6.45, 7) is 3.43. The van der Waals surface area contributed by atoms with Crippen LogP contribution in [-0.2, 0) is 9.59 Å². The van der Waals surface area contributed by atoms with E-state index < -0.39 is 23.8 Å². The molecule has 0 aliphatic heterocycles. The number of benzene rings is 2. The molecule has 0 saturated carbocycles. The van der Waals surface area contributed by atoms with Gasteiger partial charge in [0.15, 0.2) is 6.61 Å². The van der Waals surface area contributed by atoms with Gasteiger partial charge in [0.1, 0.15) is 11.8 Å². The van der Waals surface area contributed by atoms with Gasteiger partial charge in [-0.15, -0.1) is 0 Å². The Kier molecular flexibility index (Phi) is 8.37. The van der Waals surface area contributed by atoms with E-state index in [0.29, 0.717) is 21.9 Å². The Bertz CT molecular complexity index is 929. The molecular formula is C21H23ClN4O4. The molecule has 0 saturated heterocycles. The zero-order valence-electron chi connectivity index (χ0n) is 16.6. The lowest BCUT2D eigenvalue weighted by atomic mass is 10.0. The Morgan fingerprint density at radius 1 is 1.17 bits per heavy atom. The molecule has 8 nitrogen and oxygen atoms in total. The van der Waals surface area contributed by atoms with E-state index in [4.69, 9.17) is 22.1 Å². The van der Waals surface area contributed by atoms with E-state index in [9.17, 15) is 14.4 Å². The molecule has 0 fully saturated rings. The third-order valence-electron chi connectivity index (χ3n) is 3.97. The van der Waals surface area contributed by atoms with E-state index in [1.165, 1.54) is 12.3 Å². The van der Waals surface area contributed by atoms with Crippen molar-refractivity contribution in [3.8, 4) is 5.75 Å². The highest BCUT2D eigenvalue weighted by Gasteiger charge is 2.24. The number of rotatable bonds is 9. The van der Waals surface area contributed by atoms with Crippen LogP contribution in [0.15, 0.2) is 53.6 Å². The lowest BCUT2D eigenvalue weighted by Crippen LogP contribution is -2.48. The first-order chi connectivity index (χ1) is 14.3. The fraction of sp³-hybridized carbons (Fsp3) is 0.238. The van der Waals surface area contributed by atoms with Gasteiger partial charge in [0.2, 0.25) is 0 Å².